The van der Waals surface area contributed by atoms with Gasteiger partial charge in [0.25, 0.3) is 0 Å². The van der Waals surface area contributed by atoms with Crippen molar-refractivity contribution < 1.29 is 18.9 Å². The zero-order chi connectivity index (χ0) is 10.8. The zero-order valence-electron chi connectivity index (χ0n) is 9.62. The molecule has 0 aromatic rings. The summed E-state index contributed by atoms with van der Waals surface area (Å²) >= 11 is 0. The van der Waals surface area contributed by atoms with Crippen LogP contribution in [0.25, 0.3) is 0 Å². The van der Waals surface area contributed by atoms with Gasteiger partial charge in [-0.25, -0.2) is 0 Å². The topological polar surface area (TPSA) is 36.9 Å². The molecule has 4 heteroatoms. The molecule has 2 atom stereocenters. The molecule has 0 saturated carbocycles. The van der Waals surface area contributed by atoms with Crippen LogP contribution in [-0.4, -0.2) is 45.9 Å². The predicted octanol–water partition coefficient (Wildman–Crippen LogP) is 1.44. The molecule has 0 heterocycles. The van der Waals surface area contributed by atoms with Gasteiger partial charge in [-0.3, -0.25) is 0 Å². The molecular weight excluding hydrogens is 184 g/mol. The van der Waals surface area contributed by atoms with Crippen molar-refractivity contribution in [2.24, 2.45) is 0 Å². The number of ether oxygens (including phenoxy) is 4. The van der Waals surface area contributed by atoms with Crippen LogP contribution >= 0.6 is 0 Å². The number of rotatable bonds is 9. The van der Waals surface area contributed by atoms with Crippen LogP contribution in [0, 0.1) is 0 Å². The minimum Gasteiger partial charge on any atom is -0.382 e. The highest BCUT2D eigenvalue weighted by Crippen LogP contribution is 2.00. The lowest BCUT2D eigenvalue weighted by molar-refractivity contribution is -0.165. The summed E-state index contributed by atoms with van der Waals surface area (Å²) in [4.78, 5) is 0. The maximum Gasteiger partial charge on any atom is 0.155 e. The Morgan fingerprint density at radius 3 is 2.43 bits per heavy atom. The Morgan fingerprint density at radius 1 is 1.14 bits per heavy atom. The Bertz CT molecular complexity index is 119. The summed E-state index contributed by atoms with van der Waals surface area (Å²) in [6.45, 7) is 8.25. The van der Waals surface area contributed by atoms with Gasteiger partial charge in [-0.15, -0.1) is 0 Å². The van der Waals surface area contributed by atoms with E-state index < -0.39 is 0 Å². The van der Waals surface area contributed by atoms with E-state index in [1.165, 1.54) is 0 Å². The molecule has 0 rings (SSSR count). The van der Waals surface area contributed by atoms with Crippen molar-refractivity contribution in [1.82, 2.24) is 0 Å². The van der Waals surface area contributed by atoms with Gasteiger partial charge in [0.1, 0.15) is 0 Å². The van der Waals surface area contributed by atoms with E-state index in [-0.39, 0.29) is 12.4 Å². The van der Waals surface area contributed by atoms with Crippen molar-refractivity contribution in [3.8, 4) is 0 Å². The summed E-state index contributed by atoms with van der Waals surface area (Å²) in [5, 5.41) is 0. The van der Waals surface area contributed by atoms with Crippen molar-refractivity contribution in [2.75, 3.05) is 33.5 Å². The van der Waals surface area contributed by atoms with E-state index in [9.17, 15) is 0 Å². The Labute approximate surface area is 86.5 Å². The first kappa shape index (κ1) is 13.8. The van der Waals surface area contributed by atoms with Crippen molar-refractivity contribution in [3.05, 3.63) is 0 Å². The third kappa shape index (κ3) is 8.44. The summed E-state index contributed by atoms with van der Waals surface area (Å²) in [5.74, 6) is 0. The second-order valence-electron chi connectivity index (χ2n) is 3.04. The van der Waals surface area contributed by atoms with Crippen LogP contribution in [0.1, 0.15) is 20.8 Å². The van der Waals surface area contributed by atoms with Gasteiger partial charge in [0, 0.05) is 13.7 Å². The first-order valence-corrected chi connectivity index (χ1v) is 5.04. The van der Waals surface area contributed by atoms with E-state index >= 15 is 0 Å². The molecule has 0 spiro atoms. The molecule has 0 aliphatic carbocycles. The number of hydrogen-bond donors (Lipinski definition) is 0. The lowest BCUT2D eigenvalue weighted by Crippen LogP contribution is -2.24. The maximum atomic E-state index is 5.48. The highest BCUT2D eigenvalue weighted by Gasteiger charge is 2.07. The van der Waals surface area contributed by atoms with E-state index in [0.29, 0.717) is 26.4 Å². The fourth-order valence-electron chi connectivity index (χ4n) is 1.03. The molecule has 0 bridgehead atoms. The van der Waals surface area contributed by atoms with Gasteiger partial charge in [-0.2, -0.15) is 0 Å². The average molecular weight is 206 g/mol. The van der Waals surface area contributed by atoms with Crippen LogP contribution in [0.2, 0.25) is 0 Å². The van der Waals surface area contributed by atoms with Crippen molar-refractivity contribution in [3.63, 3.8) is 0 Å². The Kier molecular flexibility index (Phi) is 9.29. The van der Waals surface area contributed by atoms with Gasteiger partial charge in [0.2, 0.25) is 0 Å². The molecule has 0 aliphatic rings. The van der Waals surface area contributed by atoms with Crippen LogP contribution < -0.4 is 0 Å². The van der Waals surface area contributed by atoms with Gasteiger partial charge in [0.05, 0.1) is 25.9 Å². The maximum absolute atomic E-state index is 5.48. The van der Waals surface area contributed by atoms with Crippen LogP contribution in [0.3, 0.4) is 0 Å². The molecule has 0 N–H and O–H groups in total. The van der Waals surface area contributed by atoms with Gasteiger partial charge in [-0.1, -0.05) is 0 Å². The lowest BCUT2D eigenvalue weighted by Gasteiger charge is -2.18. The molecule has 0 fully saturated rings. The highest BCUT2D eigenvalue weighted by atomic mass is 16.7. The Balaban J connectivity index is 3.30. The van der Waals surface area contributed by atoms with Gasteiger partial charge in [-0.05, 0) is 20.8 Å². The molecule has 0 aromatic carbocycles. The minimum absolute atomic E-state index is 0.0495. The molecular formula is C10H22O4. The van der Waals surface area contributed by atoms with Crippen LogP contribution in [0.5, 0.6) is 0 Å². The van der Waals surface area contributed by atoms with E-state index in [1.807, 2.05) is 20.8 Å². The minimum atomic E-state index is -0.166. The van der Waals surface area contributed by atoms with E-state index in [1.54, 1.807) is 7.11 Å². The average Bonchev–Trinajstić information content (AvgIpc) is 2.13. The largest absolute Gasteiger partial charge is 0.382 e. The first-order chi connectivity index (χ1) is 6.70. The Morgan fingerprint density at radius 2 is 1.86 bits per heavy atom. The Hall–Kier alpha value is -0.160. The zero-order valence-corrected chi connectivity index (χ0v) is 9.62. The van der Waals surface area contributed by atoms with E-state index in [0.717, 1.165) is 0 Å². The van der Waals surface area contributed by atoms with Crippen LogP contribution in [0.15, 0.2) is 0 Å². The normalized spacial score (nSPS) is 15.4. The molecule has 86 valence electrons. The molecule has 14 heavy (non-hydrogen) atoms. The third-order valence-corrected chi connectivity index (χ3v) is 1.61. The number of hydrogen-bond acceptors (Lipinski definition) is 4. The molecule has 2 unspecified atom stereocenters. The van der Waals surface area contributed by atoms with Crippen molar-refractivity contribution in [1.29, 1.82) is 0 Å². The standard InChI is InChI=1S/C10H22O4/c1-5-13-10(3)14-9(2)8-12-7-6-11-4/h9-10H,5-8H2,1-4H3. The van der Waals surface area contributed by atoms with Gasteiger partial charge in [0.15, 0.2) is 6.29 Å². The molecule has 0 aromatic heterocycles. The highest BCUT2D eigenvalue weighted by molar-refractivity contribution is 4.48. The van der Waals surface area contributed by atoms with Crippen molar-refractivity contribution >= 4 is 0 Å². The second kappa shape index (κ2) is 9.40. The fraction of sp³-hybridized carbons (Fsp3) is 1.00. The summed E-state index contributed by atoms with van der Waals surface area (Å²) in [6, 6.07) is 0. The second-order valence-corrected chi connectivity index (χ2v) is 3.04. The molecule has 0 saturated heterocycles. The van der Waals surface area contributed by atoms with Gasteiger partial charge >= 0.3 is 0 Å². The smallest absolute Gasteiger partial charge is 0.155 e. The third-order valence-electron chi connectivity index (χ3n) is 1.61. The quantitative estimate of drug-likeness (QED) is 0.422. The summed E-state index contributed by atoms with van der Waals surface area (Å²) in [5.41, 5.74) is 0. The number of methoxy groups -OCH3 is 1. The molecule has 0 aliphatic heterocycles. The van der Waals surface area contributed by atoms with Crippen LogP contribution in [-0.2, 0) is 18.9 Å². The fourth-order valence-corrected chi connectivity index (χ4v) is 1.03. The molecule has 0 amide bonds. The SMILES string of the molecule is CCOC(C)OC(C)COCCOC. The van der Waals surface area contributed by atoms with Crippen LogP contribution in [0.4, 0.5) is 0 Å². The monoisotopic (exact) mass is 206 g/mol. The first-order valence-electron chi connectivity index (χ1n) is 5.04. The molecule has 0 radical (unpaired) electrons. The molecule has 4 nitrogen and oxygen atoms in total. The predicted molar refractivity (Wildman–Crippen MR) is 54.3 cm³/mol. The lowest BCUT2D eigenvalue weighted by atomic mass is 10.4. The summed E-state index contributed by atoms with van der Waals surface area (Å²) in [7, 11) is 1.65. The van der Waals surface area contributed by atoms with Crippen molar-refractivity contribution in [2.45, 2.75) is 33.2 Å². The van der Waals surface area contributed by atoms with E-state index in [2.05, 4.69) is 0 Å². The van der Waals surface area contributed by atoms with Gasteiger partial charge < -0.3 is 18.9 Å². The van der Waals surface area contributed by atoms with E-state index in [4.69, 9.17) is 18.9 Å². The summed E-state index contributed by atoms with van der Waals surface area (Å²) in [6.07, 6.45) is -0.116. The summed E-state index contributed by atoms with van der Waals surface area (Å²) < 4.78 is 20.9.